The van der Waals surface area contributed by atoms with Crippen LogP contribution in [0.2, 0.25) is 0 Å². The van der Waals surface area contributed by atoms with E-state index in [-0.39, 0.29) is 5.91 Å². The number of benzene rings is 1. The molecule has 82 valence electrons. The Labute approximate surface area is 94.4 Å². The van der Waals surface area contributed by atoms with Crippen molar-refractivity contribution in [2.45, 2.75) is 24.8 Å². The minimum Gasteiger partial charge on any atom is -0.382 e. The first-order chi connectivity index (χ1) is 7.09. The van der Waals surface area contributed by atoms with Crippen molar-refractivity contribution in [2.24, 2.45) is 5.73 Å². The lowest BCUT2D eigenvalue weighted by Crippen LogP contribution is -2.14. The number of para-hydroxylation sites is 1. The molecular formula is C11H16N2OS. The van der Waals surface area contributed by atoms with Crippen molar-refractivity contribution in [1.29, 1.82) is 0 Å². The summed E-state index contributed by atoms with van der Waals surface area (Å²) >= 11 is 1.46. The second-order valence-electron chi connectivity index (χ2n) is 3.55. The number of rotatable bonds is 5. The van der Waals surface area contributed by atoms with E-state index in [4.69, 9.17) is 5.73 Å². The minimum absolute atomic E-state index is 0.292. The number of nitrogens with two attached hydrogens (primary N) is 1. The highest BCUT2D eigenvalue weighted by Crippen LogP contribution is 2.26. The van der Waals surface area contributed by atoms with Crippen molar-refractivity contribution in [3.05, 3.63) is 24.3 Å². The zero-order chi connectivity index (χ0) is 11.3. The fourth-order valence-corrected chi connectivity index (χ4v) is 1.93. The molecule has 3 nitrogen and oxygen atoms in total. The van der Waals surface area contributed by atoms with Crippen molar-refractivity contribution >= 4 is 23.4 Å². The van der Waals surface area contributed by atoms with E-state index in [1.165, 1.54) is 11.8 Å². The Morgan fingerprint density at radius 2 is 2.13 bits per heavy atom. The van der Waals surface area contributed by atoms with E-state index >= 15 is 0 Å². The Kier molecular flexibility index (Phi) is 4.49. The second kappa shape index (κ2) is 5.66. The molecule has 0 fully saturated rings. The van der Waals surface area contributed by atoms with Crippen LogP contribution in [0.5, 0.6) is 0 Å². The number of nitrogens with one attached hydrogen (secondary N) is 1. The van der Waals surface area contributed by atoms with Crippen LogP contribution in [-0.4, -0.2) is 17.7 Å². The summed E-state index contributed by atoms with van der Waals surface area (Å²) in [6, 6.07) is 8.29. The van der Waals surface area contributed by atoms with Gasteiger partial charge in [0.1, 0.15) is 0 Å². The molecule has 0 aliphatic heterocycles. The van der Waals surface area contributed by atoms with Gasteiger partial charge in [0.2, 0.25) is 5.91 Å². The van der Waals surface area contributed by atoms with Gasteiger partial charge in [0.05, 0.1) is 5.75 Å². The van der Waals surface area contributed by atoms with Crippen molar-refractivity contribution in [1.82, 2.24) is 0 Å². The Bertz CT molecular complexity index is 339. The van der Waals surface area contributed by atoms with Crippen LogP contribution in [0.25, 0.3) is 0 Å². The molecule has 15 heavy (non-hydrogen) atoms. The maximum absolute atomic E-state index is 10.7. The monoisotopic (exact) mass is 224 g/mol. The molecular weight excluding hydrogens is 208 g/mol. The third kappa shape index (κ3) is 4.25. The van der Waals surface area contributed by atoms with E-state index in [0.29, 0.717) is 11.8 Å². The van der Waals surface area contributed by atoms with E-state index in [9.17, 15) is 4.79 Å². The van der Waals surface area contributed by atoms with E-state index in [1.54, 1.807) is 0 Å². The Hall–Kier alpha value is -1.16. The van der Waals surface area contributed by atoms with E-state index in [0.717, 1.165) is 10.6 Å². The SMILES string of the molecule is CC(C)Nc1ccccc1SCC(N)=O. The Morgan fingerprint density at radius 3 is 2.73 bits per heavy atom. The lowest BCUT2D eigenvalue weighted by Gasteiger charge is -2.13. The molecule has 0 aliphatic rings. The zero-order valence-corrected chi connectivity index (χ0v) is 9.80. The van der Waals surface area contributed by atoms with E-state index in [1.807, 2.05) is 24.3 Å². The molecule has 0 saturated heterocycles. The molecule has 0 aromatic heterocycles. The van der Waals surface area contributed by atoms with Gasteiger partial charge < -0.3 is 11.1 Å². The topological polar surface area (TPSA) is 55.1 Å². The number of amides is 1. The van der Waals surface area contributed by atoms with Crippen LogP contribution in [0.4, 0.5) is 5.69 Å². The van der Waals surface area contributed by atoms with Gasteiger partial charge in [-0.05, 0) is 26.0 Å². The van der Waals surface area contributed by atoms with Crippen molar-refractivity contribution in [3.63, 3.8) is 0 Å². The maximum Gasteiger partial charge on any atom is 0.227 e. The number of thioether (sulfide) groups is 1. The summed E-state index contributed by atoms with van der Waals surface area (Å²) in [7, 11) is 0. The van der Waals surface area contributed by atoms with Crippen molar-refractivity contribution in [2.75, 3.05) is 11.1 Å². The van der Waals surface area contributed by atoms with Crippen LogP contribution < -0.4 is 11.1 Å². The quantitative estimate of drug-likeness (QED) is 0.753. The molecule has 1 aromatic rings. The van der Waals surface area contributed by atoms with Gasteiger partial charge in [-0.3, -0.25) is 4.79 Å². The average Bonchev–Trinajstić information content (AvgIpc) is 2.15. The molecule has 0 spiro atoms. The summed E-state index contributed by atoms with van der Waals surface area (Å²) in [5.41, 5.74) is 6.17. The van der Waals surface area contributed by atoms with E-state index in [2.05, 4.69) is 19.2 Å². The van der Waals surface area contributed by atoms with Crippen LogP contribution in [0.15, 0.2) is 29.2 Å². The summed E-state index contributed by atoms with van der Waals surface area (Å²) in [4.78, 5) is 11.7. The van der Waals surface area contributed by atoms with Gasteiger partial charge in [0.15, 0.2) is 0 Å². The smallest absolute Gasteiger partial charge is 0.227 e. The number of hydrogen-bond donors (Lipinski definition) is 2. The fourth-order valence-electron chi connectivity index (χ4n) is 1.17. The molecule has 0 aliphatic carbocycles. The average molecular weight is 224 g/mol. The molecule has 0 radical (unpaired) electrons. The maximum atomic E-state index is 10.7. The largest absolute Gasteiger partial charge is 0.382 e. The van der Waals surface area contributed by atoms with Crippen LogP contribution in [0.3, 0.4) is 0 Å². The number of primary amides is 1. The fraction of sp³-hybridized carbons (Fsp3) is 0.364. The van der Waals surface area contributed by atoms with Crippen LogP contribution in [-0.2, 0) is 4.79 Å². The molecule has 0 heterocycles. The molecule has 3 N–H and O–H groups in total. The Morgan fingerprint density at radius 1 is 1.47 bits per heavy atom. The highest BCUT2D eigenvalue weighted by molar-refractivity contribution is 8.00. The van der Waals surface area contributed by atoms with Crippen LogP contribution >= 0.6 is 11.8 Å². The molecule has 0 atom stereocenters. The van der Waals surface area contributed by atoms with Crippen molar-refractivity contribution < 1.29 is 4.79 Å². The zero-order valence-electron chi connectivity index (χ0n) is 8.99. The summed E-state index contributed by atoms with van der Waals surface area (Å²) in [5.74, 6) is 0.0240. The van der Waals surface area contributed by atoms with Crippen molar-refractivity contribution in [3.8, 4) is 0 Å². The summed E-state index contributed by atoms with van der Waals surface area (Å²) in [6.07, 6.45) is 0. The van der Waals surface area contributed by atoms with E-state index < -0.39 is 0 Å². The Balaban J connectivity index is 2.72. The summed E-state index contributed by atoms with van der Waals surface area (Å²) in [5, 5.41) is 3.32. The molecule has 0 bridgehead atoms. The lowest BCUT2D eigenvalue weighted by molar-refractivity contribution is -0.115. The second-order valence-corrected chi connectivity index (χ2v) is 4.57. The van der Waals surface area contributed by atoms with Gasteiger partial charge in [-0.25, -0.2) is 0 Å². The van der Waals surface area contributed by atoms with Gasteiger partial charge in [0.25, 0.3) is 0 Å². The molecule has 0 saturated carbocycles. The molecule has 4 heteroatoms. The van der Waals surface area contributed by atoms with Gasteiger partial charge >= 0.3 is 0 Å². The first kappa shape index (κ1) is 11.9. The number of carbonyl (C=O) groups excluding carboxylic acids is 1. The number of anilines is 1. The third-order valence-corrected chi connectivity index (χ3v) is 2.80. The lowest BCUT2D eigenvalue weighted by atomic mass is 10.3. The van der Waals surface area contributed by atoms with Crippen LogP contribution in [0.1, 0.15) is 13.8 Å². The molecule has 1 amide bonds. The van der Waals surface area contributed by atoms with Gasteiger partial charge in [0, 0.05) is 16.6 Å². The van der Waals surface area contributed by atoms with Gasteiger partial charge in [-0.2, -0.15) is 0 Å². The normalized spacial score (nSPS) is 10.3. The predicted octanol–water partition coefficient (Wildman–Crippen LogP) is 2.08. The molecule has 1 rings (SSSR count). The summed E-state index contributed by atoms with van der Waals surface area (Å²) in [6.45, 7) is 4.16. The molecule has 0 unspecified atom stereocenters. The first-order valence-corrected chi connectivity index (χ1v) is 5.85. The van der Waals surface area contributed by atoms with Crippen LogP contribution in [0, 0.1) is 0 Å². The number of hydrogen-bond acceptors (Lipinski definition) is 3. The minimum atomic E-state index is -0.292. The third-order valence-electron chi connectivity index (χ3n) is 1.70. The molecule has 1 aromatic carbocycles. The highest BCUT2D eigenvalue weighted by Gasteiger charge is 2.04. The highest BCUT2D eigenvalue weighted by atomic mass is 32.2. The predicted molar refractivity (Wildman–Crippen MR) is 65.1 cm³/mol. The first-order valence-electron chi connectivity index (χ1n) is 4.86. The standard InChI is InChI=1S/C11H16N2OS/c1-8(2)13-9-5-3-4-6-10(9)15-7-11(12)14/h3-6,8,13H,7H2,1-2H3,(H2,12,14). The van der Waals surface area contributed by atoms with Gasteiger partial charge in [-0.15, -0.1) is 11.8 Å². The number of carbonyl (C=O) groups is 1. The van der Waals surface area contributed by atoms with Gasteiger partial charge in [-0.1, -0.05) is 12.1 Å². The summed E-state index contributed by atoms with van der Waals surface area (Å²) < 4.78 is 0.